The van der Waals surface area contributed by atoms with Crippen LogP contribution >= 0.6 is 11.3 Å². The van der Waals surface area contributed by atoms with E-state index in [0.29, 0.717) is 0 Å². The molecule has 0 spiro atoms. The molecule has 0 bridgehead atoms. The third kappa shape index (κ3) is 2.54. The van der Waals surface area contributed by atoms with E-state index in [9.17, 15) is 0 Å². The van der Waals surface area contributed by atoms with Crippen molar-refractivity contribution in [2.24, 2.45) is 5.10 Å². The molecule has 1 N–H and O–H groups in total. The van der Waals surface area contributed by atoms with Gasteiger partial charge in [0.2, 0.25) is 5.13 Å². The summed E-state index contributed by atoms with van der Waals surface area (Å²) in [6.07, 6.45) is 1.71. The van der Waals surface area contributed by atoms with Crippen LogP contribution in [0.2, 0.25) is 0 Å². The second-order valence-corrected chi connectivity index (χ2v) is 5.82. The number of fused-ring (bicyclic) bond motifs is 2. The Hall–Kier alpha value is -2.79. The monoisotopic (exact) mass is 304 g/mol. The smallest absolute Gasteiger partial charge is 0.204 e. The number of thiazole rings is 1. The number of benzene rings is 2. The maximum Gasteiger partial charge on any atom is 0.204 e. The first-order chi connectivity index (χ1) is 10.9. The van der Waals surface area contributed by atoms with Crippen molar-refractivity contribution in [1.82, 2.24) is 9.97 Å². The summed E-state index contributed by atoms with van der Waals surface area (Å²) < 4.78 is 1.14. The second kappa shape index (κ2) is 5.54. The number of nitrogens with one attached hydrogen (secondary N) is 1. The lowest BCUT2D eigenvalue weighted by atomic mass is 10.2. The van der Waals surface area contributed by atoms with E-state index in [1.165, 1.54) is 0 Å². The van der Waals surface area contributed by atoms with Crippen molar-refractivity contribution in [3.05, 3.63) is 66.4 Å². The lowest BCUT2D eigenvalue weighted by Gasteiger charge is -1.98. The van der Waals surface area contributed by atoms with E-state index in [0.717, 1.165) is 31.9 Å². The van der Waals surface area contributed by atoms with E-state index in [1.807, 2.05) is 60.7 Å². The number of nitrogens with zero attached hydrogens (tertiary/aromatic N) is 3. The number of hydrazone groups is 1. The van der Waals surface area contributed by atoms with Crippen molar-refractivity contribution < 1.29 is 0 Å². The van der Waals surface area contributed by atoms with Crippen LogP contribution in [0.5, 0.6) is 0 Å². The van der Waals surface area contributed by atoms with Crippen LogP contribution in [-0.4, -0.2) is 16.2 Å². The fourth-order valence-electron chi connectivity index (χ4n) is 2.23. The molecular formula is C17H12N4S. The highest BCUT2D eigenvalue weighted by Gasteiger charge is 2.01. The van der Waals surface area contributed by atoms with Crippen LogP contribution in [0.4, 0.5) is 5.13 Å². The molecule has 0 amide bonds. The number of para-hydroxylation sites is 2. The summed E-state index contributed by atoms with van der Waals surface area (Å²) in [6, 6.07) is 20.0. The molecule has 2 aromatic carbocycles. The lowest BCUT2D eigenvalue weighted by molar-refractivity contribution is 1.29. The molecule has 0 saturated heterocycles. The van der Waals surface area contributed by atoms with Gasteiger partial charge in [0.05, 0.1) is 27.6 Å². The SMILES string of the molecule is C(=NNc1nc2ccccc2s1)c1ccc2ccccc2n1. The molecule has 5 heteroatoms. The molecule has 0 aliphatic heterocycles. The first-order valence-corrected chi connectivity index (χ1v) is 7.71. The minimum atomic E-state index is 0.776. The van der Waals surface area contributed by atoms with Crippen molar-refractivity contribution >= 4 is 43.8 Å². The molecule has 2 aromatic heterocycles. The summed E-state index contributed by atoms with van der Waals surface area (Å²) >= 11 is 1.58. The van der Waals surface area contributed by atoms with Crippen molar-refractivity contribution in [1.29, 1.82) is 0 Å². The van der Waals surface area contributed by atoms with Gasteiger partial charge in [-0.3, -0.25) is 5.43 Å². The Morgan fingerprint density at radius 2 is 1.68 bits per heavy atom. The average Bonchev–Trinajstić information content (AvgIpc) is 2.97. The quantitative estimate of drug-likeness (QED) is 0.454. The zero-order chi connectivity index (χ0) is 14.8. The maximum atomic E-state index is 4.54. The van der Waals surface area contributed by atoms with Crippen LogP contribution in [0.1, 0.15) is 5.69 Å². The minimum Gasteiger partial charge on any atom is -0.253 e. The van der Waals surface area contributed by atoms with Gasteiger partial charge in [-0.25, -0.2) is 9.97 Å². The van der Waals surface area contributed by atoms with Gasteiger partial charge in [0.25, 0.3) is 0 Å². The predicted octanol–water partition coefficient (Wildman–Crippen LogP) is 4.29. The number of anilines is 1. The van der Waals surface area contributed by atoms with E-state index >= 15 is 0 Å². The van der Waals surface area contributed by atoms with Gasteiger partial charge in [-0.15, -0.1) is 0 Å². The summed E-state index contributed by atoms with van der Waals surface area (Å²) in [5, 5.41) is 6.12. The van der Waals surface area contributed by atoms with Crippen LogP contribution in [0.15, 0.2) is 65.8 Å². The van der Waals surface area contributed by atoms with Crippen molar-refractivity contribution in [2.75, 3.05) is 5.43 Å². The van der Waals surface area contributed by atoms with Crippen LogP contribution in [0.3, 0.4) is 0 Å². The fourth-order valence-corrected chi connectivity index (χ4v) is 3.04. The summed E-state index contributed by atoms with van der Waals surface area (Å²) in [7, 11) is 0. The van der Waals surface area contributed by atoms with E-state index in [1.54, 1.807) is 17.6 Å². The van der Waals surface area contributed by atoms with Crippen molar-refractivity contribution in [3.8, 4) is 0 Å². The van der Waals surface area contributed by atoms with Gasteiger partial charge in [-0.1, -0.05) is 47.7 Å². The van der Waals surface area contributed by atoms with Gasteiger partial charge < -0.3 is 0 Å². The molecule has 22 heavy (non-hydrogen) atoms. The Morgan fingerprint density at radius 3 is 2.59 bits per heavy atom. The highest BCUT2D eigenvalue weighted by Crippen LogP contribution is 2.25. The van der Waals surface area contributed by atoms with Crippen LogP contribution in [0.25, 0.3) is 21.1 Å². The van der Waals surface area contributed by atoms with Crippen molar-refractivity contribution in [2.45, 2.75) is 0 Å². The summed E-state index contributed by atoms with van der Waals surface area (Å²) in [5.74, 6) is 0. The summed E-state index contributed by atoms with van der Waals surface area (Å²) in [6.45, 7) is 0. The molecule has 0 atom stereocenters. The van der Waals surface area contributed by atoms with Crippen molar-refractivity contribution in [3.63, 3.8) is 0 Å². The maximum absolute atomic E-state index is 4.54. The van der Waals surface area contributed by atoms with Gasteiger partial charge in [0, 0.05) is 5.39 Å². The van der Waals surface area contributed by atoms with E-state index in [4.69, 9.17) is 0 Å². The molecule has 0 aliphatic rings. The zero-order valence-electron chi connectivity index (χ0n) is 11.6. The normalized spacial score (nSPS) is 11.5. The van der Waals surface area contributed by atoms with Gasteiger partial charge in [-0.05, 0) is 24.3 Å². The molecular weight excluding hydrogens is 292 g/mol. The molecule has 0 saturated carbocycles. The Balaban J connectivity index is 1.55. The predicted molar refractivity (Wildman–Crippen MR) is 92.6 cm³/mol. The van der Waals surface area contributed by atoms with Gasteiger partial charge >= 0.3 is 0 Å². The van der Waals surface area contributed by atoms with E-state index in [-0.39, 0.29) is 0 Å². The Labute approximate surface area is 131 Å². The van der Waals surface area contributed by atoms with E-state index < -0.39 is 0 Å². The summed E-state index contributed by atoms with van der Waals surface area (Å²) in [5.41, 5.74) is 5.72. The number of rotatable bonds is 3. The molecule has 106 valence electrons. The Kier molecular flexibility index (Phi) is 3.25. The molecule has 4 rings (SSSR count). The standard InChI is InChI=1S/C17H12N4S/c1-2-6-14-12(5-1)9-10-13(19-14)11-18-21-17-20-15-7-3-4-8-16(15)22-17/h1-11H,(H,20,21). The third-order valence-electron chi connectivity index (χ3n) is 3.27. The summed E-state index contributed by atoms with van der Waals surface area (Å²) in [4.78, 5) is 9.01. The van der Waals surface area contributed by atoms with Crippen LogP contribution in [0, 0.1) is 0 Å². The molecule has 0 aliphatic carbocycles. The molecule has 4 aromatic rings. The average molecular weight is 304 g/mol. The third-order valence-corrected chi connectivity index (χ3v) is 4.21. The second-order valence-electron chi connectivity index (χ2n) is 4.79. The Bertz CT molecular complexity index is 941. The number of hydrogen-bond acceptors (Lipinski definition) is 5. The highest BCUT2D eigenvalue weighted by atomic mass is 32.1. The van der Waals surface area contributed by atoms with Gasteiger partial charge in [0.1, 0.15) is 0 Å². The van der Waals surface area contributed by atoms with Crippen LogP contribution < -0.4 is 5.43 Å². The molecule has 4 nitrogen and oxygen atoms in total. The molecule has 0 fully saturated rings. The van der Waals surface area contributed by atoms with E-state index in [2.05, 4.69) is 20.5 Å². The Morgan fingerprint density at radius 1 is 0.864 bits per heavy atom. The number of aromatic nitrogens is 2. The first-order valence-electron chi connectivity index (χ1n) is 6.89. The van der Waals surface area contributed by atoms with Crippen LogP contribution in [-0.2, 0) is 0 Å². The first kappa shape index (κ1) is 12.9. The van der Waals surface area contributed by atoms with Gasteiger partial charge in [0.15, 0.2) is 0 Å². The highest BCUT2D eigenvalue weighted by molar-refractivity contribution is 7.22. The molecule has 0 unspecified atom stereocenters. The lowest BCUT2D eigenvalue weighted by Crippen LogP contribution is -1.92. The molecule has 0 radical (unpaired) electrons. The zero-order valence-corrected chi connectivity index (χ0v) is 12.4. The fraction of sp³-hybridized carbons (Fsp3) is 0. The number of hydrogen-bond donors (Lipinski definition) is 1. The molecule has 2 heterocycles. The topological polar surface area (TPSA) is 50.2 Å². The van der Waals surface area contributed by atoms with Gasteiger partial charge in [-0.2, -0.15) is 5.10 Å². The largest absolute Gasteiger partial charge is 0.253 e. The number of pyridine rings is 1. The minimum absolute atomic E-state index is 0.776.